The molecular weight excluding hydrogens is 354 g/mol. The molecule has 2 aromatic rings. The van der Waals surface area contributed by atoms with Crippen LogP contribution in [0.3, 0.4) is 0 Å². The molecule has 0 saturated carbocycles. The topological polar surface area (TPSA) is 89.5 Å². The van der Waals surface area contributed by atoms with Crippen molar-refractivity contribution in [2.45, 2.75) is 11.8 Å². The van der Waals surface area contributed by atoms with Gasteiger partial charge in [-0.1, -0.05) is 23.7 Å². The summed E-state index contributed by atoms with van der Waals surface area (Å²) in [7, 11) is -2.76. The Morgan fingerprint density at radius 3 is 2.42 bits per heavy atom. The Morgan fingerprint density at radius 2 is 1.79 bits per heavy atom. The SMILES string of the molecule is COC(=O)c1ccc(Cl)c(NS(=O)(=O)c2cccc(C(C)=O)c2)c1. The standard InChI is InChI=1S/C16H14ClNO5S/c1-10(19)11-4-3-5-13(8-11)24(21,22)18-15-9-12(16(20)23-2)6-7-14(15)17/h3-9,18H,1-2H3. The number of anilines is 1. The van der Waals surface area contributed by atoms with E-state index in [2.05, 4.69) is 9.46 Å². The van der Waals surface area contributed by atoms with Crippen molar-refractivity contribution in [2.24, 2.45) is 0 Å². The van der Waals surface area contributed by atoms with E-state index in [1.807, 2.05) is 0 Å². The smallest absolute Gasteiger partial charge is 0.337 e. The zero-order valence-corrected chi connectivity index (χ0v) is 14.4. The highest BCUT2D eigenvalue weighted by Crippen LogP contribution is 2.26. The highest BCUT2D eigenvalue weighted by atomic mass is 35.5. The van der Waals surface area contributed by atoms with Gasteiger partial charge in [-0.15, -0.1) is 0 Å². The first-order valence-corrected chi connectivity index (χ1v) is 8.62. The molecule has 6 nitrogen and oxygen atoms in total. The lowest BCUT2D eigenvalue weighted by Gasteiger charge is -2.11. The normalized spacial score (nSPS) is 11.0. The Balaban J connectivity index is 2.41. The number of carbonyl (C=O) groups excluding carboxylic acids is 2. The van der Waals surface area contributed by atoms with E-state index in [9.17, 15) is 18.0 Å². The average molecular weight is 368 g/mol. The summed E-state index contributed by atoms with van der Waals surface area (Å²) in [5, 5.41) is 0.119. The van der Waals surface area contributed by atoms with Crippen LogP contribution in [0.5, 0.6) is 0 Å². The molecular formula is C16H14ClNO5S. The predicted octanol–water partition coefficient (Wildman–Crippen LogP) is 3.13. The van der Waals surface area contributed by atoms with Crippen molar-refractivity contribution in [2.75, 3.05) is 11.8 Å². The summed E-state index contributed by atoms with van der Waals surface area (Å²) in [6, 6.07) is 9.69. The predicted molar refractivity (Wildman–Crippen MR) is 90.0 cm³/mol. The van der Waals surface area contributed by atoms with E-state index in [0.717, 1.165) is 0 Å². The molecule has 2 aromatic carbocycles. The first-order valence-electron chi connectivity index (χ1n) is 6.76. The molecule has 0 aliphatic carbocycles. The molecule has 0 unspecified atom stereocenters. The van der Waals surface area contributed by atoms with Crippen LogP contribution in [0.4, 0.5) is 5.69 Å². The van der Waals surface area contributed by atoms with E-state index < -0.39 is 16.0 Å². The summed E-state index contributed by atoms with van der Waals surface area (Å²) in [6.07, 6.45) is 0. The number of carbonyl (C=O) groups is 2. The molecule has 24 heavy (non-hydrogen) atoms. The highest BCUT2D eigenvalue weighted by molar-refractivity contribution is 7.92. The summed E-state index contributed by atoms with van der Waals surface area (Å²) in [6.45, 7) is 1.34. The van der Waals surface area contributed by atoms with E-state index >= 15 is 0 Å². The number of methoxy groups -OCH3 is 1. The molecule has 0 aromatic heterocycles. The van der Waals surface area contributed by atoms with Gasteiger partial charge in [-0.25, -0.2) is 13.2 Å². The molecule has 1 N–H and O–H groups in total. The number of hydrogen-bond acceptors (Lipinski definition) is 5. The number of rotatable bonds is 5. The number of benzene rings is 2. The van der Waals surface area contributed by atoms with Crippen LogP contribution >= 0.6 is 11.6 Å². The van der Waals surface area contributed by atoms with Gasteiger partial charge in [0.05, 0.1) is 28.3 Å². The van der Waals surface area contributed by atoms with Crippen molar-refractivity contribution in [1.82, 2.24) is 0 Å². The number of Topliss-reactive ketones (excluding diaryl/α,β-unsaturated/α-hetero) is 1. The third-order valence-electron chi connectivity index (χ3n) is 3.18. The van der Waals surface area contributed by atoms with Gasteiger partial charge >= 0.3 is 5.97 Å². The summed E-state index contributed by atoms with van der Waals surface area (Å²) in [5.74, 6) is -0.872. The fraction of sp³-hybridized carbons (Fsp3) is 0.125. The van der Waals surface area contributed by atoms with E-state index in [1.165, 1.54) is 56.5 Å². The molecule has 0 radical (unpaired) electrons. The lowest BCUT2D eigenvalue weighted by atomic mass is 10.2. The molecule has 0 aliphatic heterocycles. The van der Waals surface area contributed by atoms with Crippen LogP contribution in [-0.2, 0) is 14.8 Å². The van der Waals surface area contributed by atoms with E-state index in [-0.39, 0.29) is 32.5 Å². The van der Waals surface area contributed by atoms with Crippen LogP contribution in [0, 0.1) is 0 Å². The van der Waals surface area contributed by atoms with Crippen LogP contribution in [0.15, 0.2) is 47.4 Å². The summed E-state index contributed by atoms with van der Waals surface area (Å²) in [5.41, 5.74) is 0.456. The first kappa shape index (κ1) is 18.0. The maximum absolute atomic E-state index is 12.5. The van der Waals surface area contributed by atoms with E-state index in [1.54, 1.807) is 0 Å². The number of ether oxygens (including phenoxy) is 1. The molecule has 0 heterocycles. The molecule has 0 spiro atoms. The van der Waals surface area contributed by atoms with Crippen molar-refractivity contribution in [3.63, 3.8) is 0 Å². The Hall–Kier alpha value is -2.38. The van der Waals surface area contributed by atoms with Gasteiger partial charge in [-0.2, -0.15) is 0 Å². The monoisotopic (exact) mass is 367 g/mol. The number of hydrogen-bond donors (Lipinski definition) is 1. The molecule has 0 atom stereocenters. The third kappa shape index (κ3) is 3.93. The second kappa shape index (κ2) is 7.02. The van der Waals surface area contributed by atoms with E-state index in [4.69, 9.17) is 11.6 Å². The number of ketones is 1. The van der Waals surface area contributed by atoms with Gasteiger partial charge in [-0.05, 0) is 37.3 Å². The van der Waals surface area contributed by atoms with E-state index in [0.29, 0.717) is 0 Å². The molecule has 0 amide bonds. The maximum atomic E-state index is 12.5. The van der Waals surface area contributed by atoms with Gasteiger partial charge in [0.25, 0.3) is 10.0 Å². The number of sulfonamides is 1. The van der Waals surface area contributed by atoms with Crippen molar-refractivity contribution < 1.29 is 22.7 Å². The fourth-order valence-electron chi connectivity index (χ4n) is 1.93. The summed E-state index contributed by atoms with van der Waals surface area (Å²) >= 11 is 5.99. The van der Waals surface area contributed by atoms with Gasteiger partial charge < -0.3 is 4.74 Å². The van der Waals surface area contributed by atoms with Gasteiger partial charge in [0.15, 0.2) is 5.78 Å². The van der Waals surface area contributed by atoms with Crippen LogP contribution in [0.25, 0.3) is 0 Å². The zero-order chi connectivity index (χ0) is 17.9. The second-order valence-electron chi connectivity index (χ2n) is 4.88. The minimum absolute atomic E-state index is 0.0350. The zero-order valence-electron chi connectivity index (χ0n) is 12.9. The Kier molecular flexibility index (Phi) is 5.26. The molecule has 126 valence electrons. The summed E-state index contributed by atoms with van der Waals surface area (Å²) < 4.78 is 31.9. The van der Waals surface area contributed by atoms with Gasteiger partial charge in [-0.3, -0.25) is 9.52 Å². The number of nitrogens with one attached hydrogen (secondary N) is 1. The highest BCUT2D eigenvalue weighted by Gasteiger charge is 2.18. The summed E-state index contributed by atoms with van der Waals surface area (Å²) in [4.78, 5) is 22.9. The van der Waals surface area contributed by atoms with Gasteiger partial charge in [0.1, 0.15) is 0 Å². The Morgan fingerprint density at radius 1 is 1.08 bits per heavy atom. The van der Waals surface area contributed by atoms with Crippen LogP contribution in [0.1, 0.15) is 27.6 Å². The van der Waals surface area contributed by atoms with Gasteiger partial charge in [0.2, 0.25) is 0 Å². The van der Waals surface area contributed by atoms with Crippen molar-refractivity contribution >= 4 is 39.1 Å². The first-order chi connectivity index (χ1) is 11.2. The lowest BCUT2D eigenvalue weighted by molar-refractivity contribution is 0.0600. The number of esters is 1. The van der Waals surface area contributed by atoms with Crippen molar-refractivity contribution in [3.8, 4) is 0 Å². The van der Waals surface area contributed by atoms with Crippen LogP contribution in [0.2, 0.25) is 5.02 Å². The van der Waals surface area contributed by atoms with Gasteiger partial charge in [0, 0.05) is 5.56 Å². The molecule has 0 fully saturated rings. The Labute approximate surface area is 144 Å². The quantitative estimate of drug-likeness (QED) is 0.647. The van der Waals surface area contributed by atoms with Crippen LogP contribution < -0.4 is 4.72 Å². The lowest BCUT2D eigenvalue weighted by Crippen LogP contribution is -2.14. The molecule has 0 saturated heterocycles. The fourth-order valence-corrected chi connectivity index (χ4v) is 3.27. The molecule has 0 aliphatic rings. The minimum Gasteiger partial charge on any atom is -0.465 e. The Bertz CT molecular complexity index is 908. The van der Waals surface area contributed by atoms with Crippen LogP contribution in [-0.4, -0.2) is 27.3 Å². The van der Waals surface area contributed by atoms with Crippen molar-refractivity contribution in [3.05, 3.63) is 58.6 Å². The minimum atomic E-state index is -3.98. The average Bonchev–Trinajstić information content (AvgIpc) is 2.56. The molecule has 8 heteroatoms. The molecule has 0 bridgehead atoms. The largest absolute Gasteiger partial charge is 0.465 e. The van der Waals surface area contributed by atoms with Crippen molar-refractivity contribution in [1.29, 1.82) is 0 Å². The molecule has 2 rings (SSSR count). The second-order valence-corrected chi connectivity index (χ2v) is 6.97. The number of halogens is 1. The maximum Gasteiger partial charge on any atom is 0.337 e. The third-order valence-corrected chi connectivity index (χ3v) is 4.88.